The number of ether oxygens (including phenoxy) is 1. The van der Waals surface area contributed by atoms with Crippen LogP contribution in [-0.2, 0) is 0 Å². The first-order valence-corrected chi connectivity index (χ1v) is 5.62. The van der Waals surface area contributed by atoms with Crippen molar-refractivity contribution in [1.82, 2.24) is 0 Å². The molecule has 12 heavy (non-hydrogen) atoms. The highest BCUT2D eigenvalue weighted by Crippen LogP contribution is 2.40. The second-order valence-corrected chi connectivity index (χ2v) is 4.93. The van der Waals surface area contributed by atoms with Gasteiger partial charge in [0.1, 0.15) is 12.4 Å². The van der Waals surface area contributed by atoms with E-state index in [0.717, 1.165) is 12.4 Å². The zero-order valence-corrected chi connectivity index (χ0v) is 9.51. The Morgan fingerprint density at radius 3 is 2.83 bits per heavy atom. The Morgan fingerprint density at radius 2 is 2.00 bits per heavy atom. The maximum Gasteiger partial charge on any atom is 0.123 e. The lowest BCUT2D eigenvalue weighted by atomic mass is 10.1. The molecular weight excluding hydrogens is 284 g/mol. The van der Waals surface area contributed by atoms with E-state index >= 15 is 0 Å². The van der Waals surface area contributed by atoms with Crippen LogP contribution in [0.5, 0.6) is 5.75 Å². The summed E-state index contributed by atoms with van der Waals surface area (Å²) in [5.41, 5.74) is 1.23. The normalized spacial score (nSPS) is 27.5. The number of hydrogen-bond acceptors (Lipinski definition) is 1. The molecule has 2 rings (SSSR count). The third-order valence-electron chi connectivity index (χ3n) is 1.93. The van der Waals surface area contributed by atoms with Crippen LogP contribution < -0.4 is 4.74 Å². The smallest absolute Gasteiger partial charge is 0.123 e. The number of benzene rings is 1. The van der Waals surface area contributed by atoms with Gasteiger partial charge in [0.15, 0.2) is 0 Å². The predicted molar refractivity (Wildman–Crippen MR) is 56.3 cm³/mol. The van der Waals surface area contributed by atoms with Crippen molar-refractivity contribution in [3.05, 3.63) is 29.8 Å². The minimum absolute atomic E-state index is 0.363. The van der Waals surface area contributed by atoms with E-state index < -0.39 is 0 Å². The van der Waals surface area contributed by atoms with E-state index in [1.807, 2.05) is 18.2 Å². The fraction of sp³-hybridized carbons (Fsp3) is 0.333. The summed E-state index contributed by atoms with van der Waals surface area (Å²) in [6, 6.07) is 8.11. The Hall–Kier alpha value is -0.0200. The Morgan fingerprint density at radius 1 is 1.25 bits per heavy atom. The van der Waals surface area contributed by atoms with E-state index in [1.165, 1.54) is 5.56 Å². The molecule has 2 unspecified atom stereocenters. The van der Waals surface area contributed by atoms with Gasteiger partial charge >= 0.3 is 0 Å². The monoisotopic (exact) mass is 290 g/mol. The van der Waals surface area contributed by atoms with Crippen molar-refractivity contribution < 1.29 is 4.74 Å². The van der Waals surface area contributed by atoms with Crippen molar-refractivity contribution in [3.63, 3.8) is 0 Å². The average molecular weight is 292 g/mol. The number of fused-ring (bicyclic) bond motifs is 1. The van der Waals surface area contributed by atoms with Gasteiger partial charge in [-0.05, 0) is 6.07 Å². The molecule has 2 atom stereocenters. The fourth-order valence-electron chi connectivity index (χ4n) is 1.29. The molecule has 1 aromatic rings. The first kappa shape index (κ1) is 8.57. The van der Waals surface area contributed by atoms with E-state index in [4.69, 9.17) is 4.74 Å². The molecule has 0 radical (unpaired) electrons. The van der Waals surface area contributed by atoms with Crippen molar-refractivity contribution in [2.75, 3.05) is 6.61 Å². The molecule has 3 heteroatoms. The van der Waals surface area contributed by atoms with Gasteiger partial charge in [0, 0.05) is 5.56 Å². The van der Waals surface area contributed by atoms with E-state index in [0.29, 0.717) is 9.65 Å². The molecule has 0 spiro atoms. The lowest BCUT2D eigenvalue weighted by Gasteiger charge is -2.26. The van der Waals surface area contributed by atoms with Crippen LogP contribution in [0, 0.1) is 0 Å². The van der Waals surface area contributed by atoms with Gasteiger partial charge < -0.3 is 4.74 Å². The molecule has 0 aliphatic carbocycles. The first-order valence-electron chi connectivity index (χ1n) is 3.79. The van der Waals surface area contributed by atoms with Crippen LogP contribution in [0.4, 0.5) is 0 Å². The van der Waals surface area contributed by atoms with Crippen LogP contribution in [0.2, 0.25) is 0 Å². The number of rotatable bonds is 0. The minimum Gasteiger partial charge on any atom is -0.492 e. The third-order valence-corrected chi connectivity index (χ3v) is 4.57. The van der Waals surface area contributed by atoms with Crippen LogP contribution >= 0.6 is 31.9 Å². The number of halogens is 2. The van der Waals surface area contributed by atoms with Gasteiger partial charge in [-0.25, -0.2) is 0 Å². The molecular formula is C9H8Br2O. The Labute approximate surface area is 88.4 Å². The summed E-state index contributed by atoms with van der Waals surface area (Å²) < 4.78 is 5.53. The van der Waals surface area contributed by atoms with Crippen molar-refractivity contribution >= 4 is 31.9 Å². The van der Waals surface area contributed by atoms with Crippen molar-refractivity contribution in [2.24, 2.45) is 0 Å². The Bertz CT molecular complexity index is 288. The summed E-state index contributed by atoms with van der Waals surface area (Å²) in [7, 11) is 0. The topological polar surface area (TPSA) is 9.23 Å². The second kappa shape index (κ2) is 3.38. The van der Waals surface area contributed by atoms with Gasteiger partial charge in [-0.3, -0.25) is 0 Å². The number of para-hydroxylation sites is 1. The third kappa shape index (κ3) is 1.40. The summed E-state index contributed by atoms with van der Waals surface area (Å²) >= 11 is 7.18. The molecule has 1 nitrogen and oxygen atoms in total. The van der Waals surface area contributed by atoms with Crippen LogP contribution in [-0.4, -0.2) is 11.4 Å². The summed E-state index contributed by atoms with van der Waals surface area (Å²) in [5, 5.41) is 0. The van der Waals surface area contributed by atoms with Crippen LogP contribution in [0.3, 0.4) is 0 Å². The van der Waals surface area contributed by atoms with Crippen LogP contribution in [0.1, 0.15) is 10.4 Å². The molecule has 0 bridgehead atoms. The molecule has 1 aromatic carbocycles. The van der Waals surface area contributed by atoms with Crippen molar-refractivity contribution in [3.8, 4) is 5.75 Å². The molecule has 1 heterocycles. The second-order valence-electron chi connectivity index (χ2n) is 2.77. The number of hydrogen-bond donors (Lipinski definition) is 0. The fourth-order valence-corrected chi connectivity index (χ4v) is 2.24. The van der Waals surface area contributed by atoms with Crippen molar-refractivity contribution in [1.29, 1.82) is 0 Å². The van der Waals surface area contributed by atoms with Gasteiger partial charge in [-0.2, -0.15) is 0 Å². The summed E-state index contributed by atoms with van der Waals surface area (Å²) in [5.74, 6) is 0.995. The zero-order chi connectivity index (χ0) is 8.55. The Kier molecular flexibility index (Phi) is 2.42. The Balaban J connectivity index is 2.42. The summed E-state index contributed by atoms with van der Waals surface area (Å²) in [6.07, 6.45) is 0. The van der Waals surface area contributed by atoms with Gasteiger partial charge in [0.25, 0.3) is 0 Å². The van der Waals surface area contributed by atoms with Gasteiger partial charge in [-0.1, -0.05) is 50.1 Å². The van der Waals surface area contributed by atoms with Crippen molar-refractivity contribution in [2.45, 2.75) is 9.65 Å². The highest BCUT2D eigenvalue weighted by atomic mass is 79.9. The molecule has 64 valence electrons. The largest absolute Gasteiger partial charge is 0.492 e. The van der Waals surface area contributed by atoms with E-state index in [-0.39, 0.29) is 0 Å². The van der Waals surface area contributed by atoms with Crippen LogP contribution in [0.25, 0.3) is 0 Å². The molecule has 0 fully saturated rings. The van der Waals surface area contributed by atoms with Gasteiger partial charge in [0.2, 0.25) is 0 Å². The first-order chi connectivity index (χ1) is 5.79. The lowest BCUT2D eigenvalue weighted by molar-refractivity contribution is 0.296. The highest BCUT2D eigenvalue weighted by Gasteiger charge is 2.26. The van der Waals surface area contributed by atoms with E-state index in [9.17, 15) is 0 Å². The van der Waals surface area contributed by atoms with Gasteiger partial charge in [0.05, 0.1) is 9.65 Å². The molecule has 1 aliphatic rings. The van der Waals surface area contributed by atoms with E-state index in [1.54, 1.807) is 0 Å². The maximum atomic E-state index is 5.53. The summed E-state index contributed by atoms with van der Waals surface area (Å²) in [4.78, 5) is 0.731. The molecule has 1 aliphatic heterocycles. The molecule has 0 aromatic heterocycles. The van der Waals surface area contributed by atoms with Gasteiger partial charge in [-0.15, -0.1) is 0 Å². The average Bonchev–Trinajstić information content (AvgIpc) is 2.12. The standard InChI is InChI=1S/C9H8Br2O/c10-7-5-12-8-4-2-1-3-6(8)9(7)11/h1-4,7,9H,5H2. The molecule has 0 saturated carbocycles. The molecule has 0 amide bonds. The predicted octanol–water partition coefficient (Wildman–Crippen LogP) is 3.28. The zero-order valence-electron chi connectivity index (χ0n) is 6.34. The van der Waals surface area contributed by atoms with E-state index in [2.05, 4.69) is 37.9 Å². The molecule has 0 saturated heterocycles. The lowest BCUT2D eigenvalue weighted by Crippen LogP contribution is -2.22. The number of alkyl halides is 2. The quantitative estimate of drug-likeness (QED) is 0.667. The summed E-state index contributed by atoms with van der Waals surface area (Å²) in [6.45, 7) is 0.729. The molecule has 0 N–H and O–H groups in total. The highest BCUT2D eigenvalue weighted by molar-refractivity contribution is 9.12. The SMILES string of the molecule is BrC1COc2ccccc2C1Br. The maximum absolute atomic E-state index is 5.53. The van der Waals surface area contributed by atoms with Crippen LogP contribution in [0.15, 0.2) is 24.3 Å². The minimum atomic E-state index is 0.363.